The molecule has 5 rings (SSSR count). The maximum Gasteiger partial charge on any atom is 0.471 e. The number of alkyl halides is 3. The molecule has 0 aromatic heterocycles. The minimum Gasteiger partial charge on any atom is -0.465 e. The zero-order valence-corrected chi connectivity index (χ0v) is 46.1. The van der Waals surface area contributed by atoms with Gasteiger partial charge in [0.25, 0.3) is 17.3 Å². The normalized spacial score (nSPS) is 25.8. The van der Waals surface area contributed by atoms with E-state index in [1.807, 2.05) is 0 Å². The maximum atomic E-state index is 13.9. The second-order valence-electron chi connectivity index (χ2n) is 21.6. The standard InChI is InChI=1S/C50H67F3N8O22/c1-47(2,3)82-43(67)55-21-33(62)39(65)56-31-19-32(58-45(69)77-23-26-11-15-28(16-12-26)61(74)75)37(34(63)36(31)81-41-35(64)38(49(7,71)24-78-41)59(8)46(70)83-48(4,5)6)80-40-30(18-17-29(79-40)20-54-42(66)50(51,52)53)57-44(68)76-22-25-9-13-27(14-10-25)60(72)73/h9-17,30-38,40-41,62-64,71H,18-24H2,1-8H3,(H,54,66)(H,55,67)(H,56,65)(H,57,68)(H,58,69)/t30-,31-,32+,33-,34-,35-,36+,37-,38-,40-,41-,49+/m1/s1. The number of likely N-dealkylation sites (N-methyl/N-ethyl adjacent to an activating group) is 1. The summed E-state index contributed by atoms with van der Waals surface area (Å²) >= 11 is 0. The van der Waals surface area contributed by atoms with Crippen molar-refractivity contribution in [3.63, 3.8) is 0 Å². The number of nitrogens with zero attached hydrogens (tertiary/aromatic N) is 3. The molecule has 83 heavy (non-hydrogen) atoms. The molecule has 2 heterocycles. The summed E-state index contributed by atoms with van der Waals surface area (Å²) in [5.74, 6) is -4.01. The second kappa shape index (κ2) is 27.6. The number of nitro benzene ring substituents is 2. The summed E-state index contributed by atoms with van der Waals surface area (Å²) in [4.78, 5) is 101. The van der Waals surface area contributed by atoms with Crippen molar-refractivity contribution in [3.05, 3.63) is 91.7 Å². The summed E-state index contributed by atoms with van der Waals surface area (Å²) in [5, 5.41) is 80.8. The number of alkyl carbamates (subject to hydrolysis) is 3. The van der Waals surface area contributed by atoms with Crippen molar-refractivity contribution in [2.24, 2.45) is 0 Å². The molecule has 33 heteroatoms. The number of aliphatic hydroxyl groups excluding tert-OH is 3. The first-order valence-corrected chi connectivity index (χ1v) is 25.5. The number of amides is 6. The Morgan fingerprint density at radius 1 is 0.747 bits per heavy atom. The smallest absolute Gasteiger partial charge is 0.465 e. The summed E-state index contributed by atoms with van der Waals surface area (Å²) in [5.41, 5.74) is -4.11. The molecule has 6 amide bonds. The van der Waals surface area contributed by atoms with Gasteiger partial charge in [0.2, 0.25) is 6.29 Å². The molecule has 2 aliphatic heterocycles. The third kappa shape index (κ3) is 19.5. The van der Waals surface area contributed by atoms with Gasteiger partial charge in [-0.3, -0.25) is 29.8 Å². The molecule has 0 bridgehead atoms. The van der Waals surface area contributed by atoms with E-state index in [1.165, 1.54) is 44.3 Å². The third-order valence-corrected chi connectivity index (χ3v) is 12.4. The number of carbonyl (C=O) groups is 6. The SMILES string of the molecule is CN(C(=O)OC(C)(C)C)[C@@H]1[C@@H](O)[C@@H](O[C@@H]2[C@@H](O)[C@H](O[C@H]3OC(CNC(=O)C(F)(F)F)=CC[C@H]3NC(=O)OCc3ccc([N+](=O)[O-])cc3)[C@@H](NC(=O)OCc3ccc([N+](=O)[O-])cc3)C[C@H]2NC(=O)[C@H](O)CNC(=O)OC(C)(C)C)OC[C@]1(C)O. The highest BCUT2D eigenvalue weighted by Crippen LogP contribution is 2.35. The number of non-ortho nitro benzene ring substituents is 2. The summed E-state index contributed by atoms with van der Waals surface area (Å²) in [7, 11) is 1.20. The minimum absolute atomic E-state index is 0.248. The van der Waals surface area contributed by atoms with E-state index in [0.29, 0.717) is 5.56 Å². The highest BCUT2D eigenvalue weighted by Gasteiger charge is 2.55. The summed E-state index contributed by atoms with van der Waals surface area (Å²) in [6.45, 7) is 7.21. The monoisotopic (exact) mass is 1190 g/mol. The van der Waals surface area contributed by atoms with Gasteiger partial charge < -0.3 is 89.8 Å². The Kier molecular flexibility index (Phi) is 22.0. The van der Waals surface area contributed by atoms with Gasteiger partial charge in [0.05, 0.1) is 53.7 Å². The van der Waals surface area contributed by atoms with Crippen LogP contribution in [0.4, 0.5) is 43.7 Å². The third-order valence-electron chi connectivity index (χ3n) is 12.4. The Balaban J connectivity index is 1.54. The van der Waals surface area contributed by atoms with E-state index in [1.54, 1.807) is 46.9 Å². The molecule has 3 aliphatic rings. The van der Waals surface area contributed by atoms with Gasteiger partial charge in [-0.25, -0.2) is 19.2 Å². The van der Waals surface area contributed by atoms with Crippen LogP contribution in [0.3, 0.4) is 0 Å². The van der Waals surface area contributed by atoms with Gasteiger partial charge in [-0.15, -0.1) is 0 Å². The first-order valence-electron chi connectivity index (χ1n) is 25.5. The van der Waals surface area contributed by atoms with Gasteiger partial charge in [-0.05, 0) is 103 Å². The Hall–Kier alpha value is -7.69. The fourth-order valence-corrected chi connectivity index (χ4v) is 8.57. The molecule has 0 radical (unpaired) electrons. The van der Waals surface area contributed by atoms with Crippen LogP contribution < -0.4 is 26.6 Å². The first-order chi connectivity index (χ1) is 38.5. The molecule has 0 unspecified atom stereocenters. The topological polar surface area (TPSA) is 407 Å². The number of carbonyl (C=O) groups excluding carboxylic acids is 6. The number of hydrogen-bond acceptors (Lipinski definition) is 22. The van der Waals surface area contributed by atoms with Crippen LogP contribution in [0, 0.1) is 20.2 Å². The van der Waals surface area contributed by atoms with Gasteiger partial charge in [-0.1, -0.05) is 0 Å². The number of ether oxygens (including phenoxy) is 8. The molecule has 0 spiro atoms. The number of halogens is 3. The molecular formula is C50H67F3N8O22. The molecule has 1 saturated carbocycles. The Morgan fingerprint density at radius 3 is 1.73 bits per heavy atom. The highest BCUT2D eigenvalue weighted by molar-refractivity contribution is 5.82. The van der Waals surface area contributed by atoms with Crippen molar-refractivity contribution in [1.29, 1.82) is 0 Å². The van der Waals surface area contributed by atoms with Crippen molar-refractivity contribution >= 4 is 47.6 Å². The van der Waals surface area contributed by atoms with E-state index in [9.17, 15) is 82.6 Å². The summed E-state index contributed by atoms with van der Waals surface area (Å²) in [6, 6.07) is 3.41. The molecular weight excluding hydrogens is 1120 g/mol. The fraction of sp³-hybridized carbons (Fsp3) is 0.600. The van der Waals surface area contributed by atoms with E-state index < -0.39 is 176 Å². The number of nitro groups is 2. The largest absolute Gasteiger partial charge is 0.471 e. The molecule has 2 fully saturated rings. The molecule has 1 saturated heterocycles. The van der Waals surface area contributed by atoms with Gasteiger partial charge in [0, 0.05) is 31.3 Å². The Morgan fingerprint density at radius 2 is 1.24 bits per heavy atom. The molecule has 30 nitrogen and oxygen atoms in total. The predicted octanol–water partition coefficient (Wildman–Crippen LogP) is 2.31. The number of nitrogens with one attached hydrogen (secondary N) is 5. The van der Waals surface area contributed by atoms with E-state index >= 15 is 0 Å². The van der Waals surface area contributed by atoms with Crippen molar-refractivity contribution in [2.45, 2.75) is 165 Å². The number of rotatable bonds is 19. The van der Waals surface area contributed by atoms with Crippen LogP contribution in [0.25, 0.3) is 0 Å². The highest BCUT2D eigenvalue weighted by atomic mass is 19.4. The first kappa shape index (κ1) is 66.1. The van der Waals surface area contributed by atoms with E-state index in [-0.39, 0.29) is 29.1 Å². The lowest BCUT2D eigenvalue weighted by molar-refractivity contribution is -0.385. The number of benzene rings is 2. The van der Waals surface area contributed by atoms with E-state index in [0.717, 1.165) is 29.2 Å². The summed E-state index contributed by atoms with van der Waals surface area (Å²) < 4.78 is 85.6. The Bertz CT molecular complexity index is 2670. The van der Waals surface area contributed by atoms with Crippen molar-refractivity contribution in [1.82, 2.24) is 31.5 Å². The van der Waals surface area contributed by atoms with Crippen LogP contribution in [0.2, 0.25) is 0 Å². The van der Waals surface area contributed by atoms with Crippen LogP contribution >= 0.6 is 0 Å². The quantitative estimate of drug-likeness (QED) is 0.0553. The Labute approximate surface area is 471 Å². The van der Waals surface area contributed by atoms with Crippen LogP contribution in [0.15, 0.2) is 60.4 Å². The van der Waals surface area contributed by atoms with E-state index in [4.69, 9.17) is 37.9 Å². The van der Waals surface area contributed by atoms with Crippen molar-refractivity contribution in [3.8, 4) is 0 Å². The molecule has 2 aromatic rings. The average molecular weight is 1190 g/mol. The van der Waals surface area contributed by atoms with E-state index in [2.05, 4.69) is 21.3 Å². The minimum atomic E-state index is -5.34. The molecule has 9 N–H and O–H groups in total. The van der Waals surface area contributed by atoms with Crippen molar-refractivity contribution < 1.29 is 110 Å². The van der Waals surface area contributed by atoms with Crippen LogP contribution in [0.1, 0.15) is 72.4 Å². The lowest BCUT2D eigenvalue weighted by Crippen LogP contribution is -2.71. The van der Waals surface area contributed by atoms with Gasteiger partial charge >= 0.3 is 36.5 Å². The molecule has 1 aliphatic carbocycles. The van der Waals surface area contributed by atoms with Crippen molar-refractivity contribution in [2.75, 3.05) is 26.7 Å². The van der Waals surface area contributed by atoms with Gasteiger partial charge in [0.15, 0.2) is 6.29 Å². The number of aliphatic hydroxyl groups is 4. The van der Waals surface area contributed by atoms with Gasteiger partial charge in [-0.2, -0.15) is 13.2 Å². The molecule has 2 aromatic carbocycles. The maximum absolute atomic E-state index is 13.9. The second-order valence-corrected chi connectivity index (χ2v) is 21.6. The zero-order chi connectivity index (χ0) is 61.9. The average Bonchev–Trinajstić information content (AvgIpc) is 2.53. The lowest BCUT2D eigenvalue weighted by atomic mass is 9.82. The van der Waals surface area contributed by atoms with Crippen LogP contribution in [-0.4, -0.2) is 188 Å². The predicted molar refractivity (Wildman–Crippen MR) is 274 cm³/mol. The summed E-state index contributed by atoms with van der Waals surface area (Å²) in [6.07, 6.45) is -23.8. The van der Waals surface area contributed by atoms with Gasteiger partial charge in [0.1, 0.15) is 66.3 Å². The van der Waals surface area contributed by atoms with Crippen LogP contribution in [-0.2, 0) is 60.7 Å². The fourth-order valence-electron chi connectivity index (χ4n) is 8.57. The number of hydrogen-bond donors (Lipinski definition) is 9. The molecule has 12 atom stereocenters. The molecule has 460 valence electrons. The zero-order valence-electron chi connectivity index (χ0n) is 46.1. The lowest BCUT2D eigenvalue weighted by Gasteiger charge is -2.50. The van der Waals surface area contributed by atoms with Crippen LogP contribution in [0.5, 0.6) is 0 Å².